The van der Waals surface area contributed by atoms with E-state index in [1.807, 2.05) is 36.4 Å². The third kappa shape index (κ3) is 1.89. The molecule has 2 nitrogen and oxygen atoms in total. The normalized spacial score (nSPS) is 11.2. The van der Waals surface area contributed by atoms with Crippen LogP contribution in [0.2, 0.25) is 0 Å². The van der Waals surface area contributed by atoms with Gasteiger partial charge in [-0.25, -0.2) is 0 Å². The first-order chi connectivity index (χ1) is 11.7. The van der Waals surface area contributed by atoms with Gasteiger partial charge in [0, 0.05) is 11.1 Å². The van der Waals surface area contributed by atoms with Crippen molar-refractivity contribution in [1.29, 1.82) is 0 Å². The van der Waals surface area contributed by atoms with E-state index in [1.54, 1.807) is 0 Å². The number of benzene rings is 4. The molecule has 24 heavy (non-hydrogen) atoms. The van der Waals surface area contributed by atoms with Gasteiger partial charge in [-0.1, -0.05) is 36.4 Å². The summed E-state index contributed by atoms with van der Waals surface area (Å²) in [6.07, 6.45) is 1.79. The van der Waals surface area contributed by atoms with Crippen LogP contribution in [-0.2, 0) is 0 Å². The van der Waals surface area contributed by atoms with Crippen molar-refractivity contribution < 1.29 is 9.59 Å². The van der Waals surface area contributed by atoms with Gasteiger partial charge in [0.05, 0.1) is 0 Å². The zero-order valence-electron chi connectivity index (χ0n) is 13.6. The zero-order chi connectivity index (χ0) is 16.8. The van der Waals surface area contributed by atoms with Crippen LogP contribution in [0.25, 0.3) is 32.3 Å². The Labute approximate surface area is 139 Å². The Balaban J connectivity index is 2.45. The Kier molecular flexibility index (Phi) is 3.20. The van der Waals surface area contributed by atoms with Crippen molar-refractivity contribution in [2.45, 2.75) is 13.8 Å². The van der Waals surface area contributed by atoms with E-state index >= 15 is 0 Å². The van der Waals surface area contributed by atoms with Gasteiger partial charge in [0.2, 0.25) is 0 Å². The predicted octanol–water partition coefficient (Wildman–Crippen LogP) is 5.39. The lowest BCUT2D eigenvalue weighted by Crippen LogP contribution is -1.94. The van der Waals surface area contributed by atoms with Crippen LogP contribution >= 0.6 is 0 Å². The first-order valence-electron chi connectivity index (χ1n) is 7.94. The molecule has 0 radical (unpaired) electrons. The highest BCUT2D eigenvalue weighted by Gasteiger charge is 2.14. The lowest BCUT2D eigenvalue weighted by atomic mass is 9.88. The van der Waals surface area contributed by atoms with Crippen LogP contribution in [0.5, 0.6) is 0 Å². The number of aryl methyl sites for hydroxylation is 2. The summed E-state index contributed by atoms with van der Waals surface area (Å²) in [6, 6.07) is 15.8. The van der Waals surface area contributed by atoms with Crippen LogP contribution in [0.3, 0.4) is 0 Å². The summed E-state index contributed by atoms with van der Waals surface area (Å²) in [6.45, 7) is 4.13. The highest BCUT2D eigenvalue weighted by Crippen LogP contribution is 2.38. The van der Waals surface area contributed by atoms with Crippen molar-refractivity contribution in [3.63, 3.8) is 0 Å². The second-order valence-corrected chi connectivity index (χ2v) is 6.26. The third-order valence-corrected chi connectivity index (χ3v) is 4.83. The summed E-state index contributed by atoms with van der Waals surface area (Å²) in [5, 5.41) is 6.15. The standard InChI is InChI=1S/C22H16O2/c1-13-5-3-7-18-16(11-23)9-15-10-17(12-24)19-8-4-6-14(2)21(19)22(15)20(13)18/h3-12H,1-2H3. The highest BCUT2D eigenvalue weighted by molar-refractivity contribution is 6.26. The van der Waals surface area contributed by atoms with E-state index in [-0.39, 0.29) is 0 Å². The van der Waals surface area contributed by atoms with Crippen LogP contribution in [0.15, 0.2) is 48.5 Å². The van der Waals surface area contributed by atoms with E-state index in [0.717, 1.165) is 56.0 Å². The molecular weight excluding hydrogens is 296 g/mol. The average molecular weight is 312 g/mol. The quantitative estimate of drug-likeness (QED) is 0.367. The summed E-state index contributed by atoms with van der Waals surface area (Å²) >= 11 is 0. The number of rotatable bonds is 2. The van der Waals surface area contributed by atoms with Gasteiger partial charge in [-0.2, -0.15) is 0 Å². The van der Waals surface area contributed by atoms with Crippen LogP contribution in [-0.4, -0.2) is 12.6 Å². The molecule has 0 saturated carbocycles. The number of carbonyl (C=O) groups is 2. The van der Waals surface area contributed by atoms with Crippen molar-refractivity contribution in [3.05, 3.63) is 70.8 Å². The monoisotopic (exact) mass is 312 g/mol. The van der Waals surface area contributed by atoms with Gasteiger partial charge >= 0.3 is 0 Å². The summed E-state index contributed by atoms with van der Waals surface area (Å²) in [5.74, 6) is 0. The fraction of sp³-hybridized carbons (Fsp3) is 0.0909. The van der Waals surface area contributed by atoms with Crippen LogP contribution in [0.1, 0.15) is 31.8 Å². The fourth-order valence-electron chi connectivity index (χ4n) is 3.77. The molecule has 4 aromatic rings. The Morgan fingerprint density at radius 1 is 0.667 bits per heavy atom. The largest absolute Gasteiger partial charge is 0.298 e. The molecule has 0 aliphatic heterocycles. The van der Waals surface area contributed by atoms with Crippen molar-refractivity contribution >= 4 is 44.9 Å². The van der Waals surface area contributed by atoms with Gasteiger partial charge in [0.25, 0.3) is 0 Å². The van der Waals surface area contributed by atoms with Crippen LogP contribution < -0.4 is 0 Å². The molecule has 0 fully saturated rings. The molecular formula is C22H16O2. The molecule has 2 heteroatoms. The molecule has 0 aliphatic rings. The van der Waals surface area contributed by atoms with Crippen molar-refractivity contribution in [2.24, 2.45) is 0 Å². The van der Waals surface area contributed by atoms with E-state index in [2.05, 4.69) is 26.0 Å². The van der Waals surface area contributed by atoms with E-state index in [4.69, 9.17) is 0 Å². The molecule has 4 rings (SSSR count). The predicted molar refractivity (Wildman–Crippen MR) is 99.2 cm³/mol. The Hall–Kier alpha value is -3.00. The van der Waals surface area contributed by atoms with Gasteiger partial charge in [0.15, 0.2) is 12.6 Å². The van der Waals surface area contributed by atoms with Crippen LogP contribution in [0, 0.1) is 13.8 Å². The van der Waals surface area contributed by atoms with Gasteiger partial charge < -0.3 is 0 Å². The molecule has 0 unspecified atom stereocenters. The maximum Gasteiger partial charge on any atom is 0.150 e. The summed E-state index contributed by atoms with van der Waals surface area (Å²) < 4.78 is 0. The summed E-state index contributed by atoms with van der Waals surface area (Å²) in [4.78, 5) is 23.2. The first kappa shape index (κ1) is 14.6. The van der Waals surface area contributed by atoms with Crippen molar-refractivity contribution in [1.82, 2.24) is 0 Å². The molecule has 116 valence electrons. The maximum absolute atomic E-state index is 11.6. The molecule has 0 N–H and O–H groups in total. The first-order valence-corrected chi connectivity index (χ1v) is 7.94. The second kappa shape index (κ2) is 5.27. The Bertz CT molecular complexity index is 1060. The Morgan fingerprint density at radius 2 is 1.12 bits per heavy atom. The van der Waals surface area contributed by atoms with E-state index < -0.39 is 0 Å². The molecule has 0 amide bonds. The van der Waals surface area contributed by atoms with E-state index in [9.17, 15) is 9.59 Å². The SMILES string of the molecule is Cc1cccc2c(C=O)cc3cc(C=O)c4cccc(C)c4c3c12. The minimum atomic E-state index is 0.658. The minimum Gasteiger partial charge on any atom is -0.298 e. The molecule has 4 aromatic carbocycles. The van der Waals surface area contributed by atoms with Crippen LogP contribution in [0.4, 0.5) is 0 Å². The van der Waals surface area contributed by atoms with Crippen molar-refractivity contribution in [3.8, 4) is 0 Å². The second-order valence-electron chi connectivity index (χ2n) is 6.26. The summed E-state index contributed by atoms with van der Waals surface area (Å²) in [7, 11) is 0. The number of hydrogen-bond acceptors (Lipinski definition) is 2. The number of fused-ring (bicyclic) bond motifs is 5. The Morgan fingerprint density at radius 3 is 1.54 bits per heavy atom. The number of carbonyl (C=O) groups excluding carboxylic acids is 2. The fourth-order valence-corrected chi connectivity index (χ4v) is 3.77. The lowest BCUT2D eigenvalue weighted by molar-refractivity contribution is 0.111. The number of hydrogen-bond donors (Lipinski definition) is 0. The maximum atomic E-state index is 11.6. The molecule has 0 atom stereocenters. The molecule has 0 aliphatic carbocycles. The molecule has 0 bridgehead atoms. The topological polar surface area (TPSA) is 34.1 Å². The van der Waals surface area contributed by atoms with E-state index in [1.165, 1.54) is 0 Å². The smallest absolute Gasteiger partial charge is 0.150 e. The lowest BCUT2D eigenvalue weighted by Gasteiger charge is -2.15. The molecule has 0 saturated heterocycles. The third-order valence-electron chi connectivity index (χ3n) is 4.83. The molecule has 0 heterocycles. The van der Waals surface area contributed by atoms with E-state index in [0.29, 0.717) is 11.1 Å². The minimum absolute atomic E-state index is 0.658. The van der Waals surface area contributed by atoms with Gasteiger partial charge in [-0.15, -0.1) is 0 Å². The zero-order valence-corrected chi connectivity index (χ0v) is 13.6. The molecule has 0 aromatic heterocycles. The molecule has 0 spiro atoms. The van der Waals surface area contributed by atoms with Gasteiger partial charge in [-0.3, -0.25) is 9.59 Å². The van der Waals surface area contributed by atoms with Gasteiger partial charge in [-0.05, 0) is 69.4 Å². The summed E-state index contributed by atoms with van der Waals surface area (Å²) in [5.41, 5.74) is 3.58. The number of aldehydes is 2. The van der Waals surface area contributed by atoms with Crippen molar-refractivity contribution in [2.75, 3.05) is 0 Å². The highest BCUT2D eigenvalue weighted by atomic mass is 16.1. The average Bonchev–Trinajstić information content (AvgIpc) is 2.60. The van der Waals surface area contributed by atoms with Gasteiger partial charge in [0.1, 0.15) is 0 Å².